The van der Waals surface area contributed by atoms with Crippen molar-refractivity contribution in [1.82, 2.24) is 4.98 Å². The molecule has 2 nitrogen and oxygen atoms in total. The first-order valence-electron chi connectivity index (χ1n) is 6.87. The molecular weight excluding hydrogens is 220 g/mol. The molecule has 1 aliphatic rings. The Labute approximate surface area is 108 Å². The van der Waals surface area contributed by atoms with Crippen LogP contribution in [0, 0.1) is 13.8 Å². The zero-order chi connectivity index (χ0) is 12.5. The summed E-state index contributed by atoms with van der Waals surface area (Å²) in [6.07, 6.45) is 5.27. The first-order valence-corrected chi connectivity index (χ1v) is 6.87. The predicted octanol–water partition coefficient (Wildman–Crippen LogP) is 4.21. The highest BCUT2D eigenvalue weighted by atomic mass is 15.0. The minimum Gasteiger partial charge on any atom is -0.367 e. The second-order valence-electron chi connectivity index (χ2n) is 5.48. The number of fused-ring (bicyclic) bond motifs is 1. The number of aromatic nitrogens is 1. The van der Waals surface area contributed by atoms with Gasteiger partial charge in [0.2, 0.25) is 0 Å². The number of hydrogen-bond donors (Lipinski definition) is 1. The third-order valence-corrected chi connectivity index (χ3v) is 3.86. The molecule has 1 aliphatic carbocycles. The van der Waals surface area contributed by atoms with E-state index < -0.39 is 0 Å². The van der Waals surface area contributed by atoms with E-state index in [1.807, 2.05) is 0 Å². The lowest BCUT2D eigenvalue weighted by Crippen LogP contribution is -2.16. The van der Waals surface area contributed by atoms with Crippen molar-refractivity contribution in [1.29, 1.82) is 0 Å². The third-order valence-electron chi connectivity index (χ3n) is 3.86. The standard InChI is InChI=1S/C16H20N2/c1-11-7-8-13-10-12(2)16(18-15(13)9-11)17-14-5-3-4-6-14/h7-10,14H,3-6H2,1-2H3,(H,17,18). The minimum absolute atomic E-state index is 0.624. The number of anilines is 1. The molecule has 1 saturated carbocycles. The second kappa shape index (κ2) is 4.60. The fourth-order valence-electron chi connectivity index (χ4n) is 2.79. The van der Waals surface area contributed by atoms with Crippen molar-refractivity contribution in [3.05, 3.63) is 35.4 Å². The summed E-state index contributed by atoms with van der Waals surface area (Å²) < 4.78 is 0. The summed E-state index contributed by atoms with van der Waals surface area (Å²) in [5, 5.41) is 4.84. The molecule has 18 heavy (non-hydrogen) atoms. The zero-order valence-electron chi connectivity index (χ0n) is 11.2. The molecule has 0 aliphatic heterocycles. The van der Waals surface area contributed by atoms with Crippen molar-refractivity contribution in [2.75, 3.05) is 5.32 Å². The number of nitrogens with zero attached hydrogens (tertiary/aromatic N) is 1. The molecular formula is C16H20N2. The lowest BCUT2D eigenvalue weighted by molar-refractivity contribution is 0.750. The van der Waals surface area contributed by atoms with Crippen LogP contribution in [0.15, 0.2) is 24.3 Å². The summed E-state index contributed by atoms with van der Waals surface area (Å²) in [5.41, 5.74) is 3.62. The monoisotopic (exact) mass is 240 g/mol. The summed E-state index contributed by atoms with van der Waals surface area (Å²) in [4.78, 5) is 4.79. The molecule has 0 unspecified atom stereocenters. The average Bonchev–Trinajstić information content (AvgIpc) is 2.83. The van der Waals surface area contributed by atoms with Gasteiger partial charge in [-0.2, -0.15) is 0 Å². The molecule has 1 N–H and O–H groups in total. The Morgan fingerprint density at radius 3 is 2.67 bits per heavy atom. The van der Waals surface area contributed by atoms with Crippen LogP contribution in [0.4, 0.5) is 5.82 Å². The molecule has 0 saturated heterocycles. The van der Waals surface area contributed by atoms with E-state index in [-0.39, 0.29) is 0 Å². The van der Waals surface area contributed by atoms with Gasteiger partial charge in [0, 0.05) is 11.4 Å². The van der Waals surface area contributed by atoms with Gasteiger partial charge in [-0.15, -0.1) is 0 Å². The predicted molar refractivity (Wildman–Crippen MR) is 77.1 cm³/mol. The first-order chi connectivity index (χ1) is 8.72. The van der Waals surface area contributed by atoms with Gasteiger partial charge in [0.25, 0.3) is 0 Å². The van der Waals surface area contributed by atoms with Crippen molar-refractivity contribution in [2.24, 2.45) is 0 Å². The molecule has 94 valence electrons. The normalized spacial score (nSPS) is 16.3. The quantitative estimate of drug-likeness (QED) is 0.850. The Morgan fingerprint density at radius 1 is 1.11 bits per heavy atom. The highest BCUT2D eigenvalue weighted by Gasteiger charge is 2.16. The molecule has 0 bridgehead atoms. The van der Waals surface area contributed by atoms with Crippen molar-refractivity contribution in [3.63, 3.8) is 0 Å². The van der Waals surface area contributed by atoms with Crippen LogP contribution in [-0.2, 0) is 0 Å². The molecule has 0 amide bonds. The van der Waals surface area contributed by atoms with E-state index in [1.165, 1.54) is 42.2 Å². The van der Waals surface area contributed by atoms with Gasteiger partial charge < -0.3 is 5.32 Å². The van der Waals surface area contributed by atoms with Crippen LogP contribution in [0.3, 0.4) is 0 Å². The van der Waals surface area contributed by atoms with Crippen molar-refractivity contribution in [3.8, 4) is 0 Å². The van der Waals surface area contributed by atoms with Crippen LogP contribution in [0.25, 0.3) is 10.9 Å². The van der Waals surface area contributed by atoms with Gasteiger partial charge in [-0.05, 0) is 49.9 Å². The number of hydrogen-bond acceptors (Lipinski definition) is 2. The van der Waals surface area contributed by atoms with E-state index in [1.54, 1.807) is 0 Å². The van der Waals surface area contributed by atoms with Gasteiger partial charge >= 0.3 is 0 Å². The van der Waals surface area contributed by atoms with Gasteiger partial charge in [0.1, 0.15) is 5.82 Å². The maximum absolute atomic E-state index is 4.79. The van der Waals surface area contributed by atoms with E-state index in [9.17, 15) is 0 Å². The molecule has 1 aromatic carbocycles. The summed E-state index contributed by atoms with van der Waals surface area (Å²) in [5.74, 6) is 1.07. The number of benzene rings is 1. The van der Waals surface area contributed by atoms with Gasteiger partial charge in [-0.1, -0.05) is 25.0 Å². The van der Waals surface area contributed by atoms with Crippen LogP contribution in [0.2, 0.25) is 0 Å². The smallest absolute Gasteiger partial charge is 0.129 e. The summed E-state index contributed by atoms with van der Waals surface area (Å²) in [6, 6.07) is 9.32. The molecule has 1 fully saturated rings. The molecule has 3 rings (SSSR count). The number of rotatable bonds is 2. The number of aryl methyl sites for hydroxylation is 2. The van der Waals surface area contributed by atoms with E-state index in [2.05, 4.69) is 43.4 Å². The minimum atomic E-state index is 0.624. The zero-order valence-corrected chi connectivity index (χ0v) is 11.2. The number of pyridine rings is 1. The van der Waals surface area contributed by atoms with Gasteiger partial charge in [-0.25, -0.2) is 4.98 Å². The summed E-state index contributed by atoms with van der Waals surface area (Å²) in [6.45, 7) is 4.26. The lowest BCUT2D eigenvalue weighted by atomic mass is 10.1. The molecule has 0 radical (unpaired) electrons. The molecule has 1 aromatic heterocycles. The Balaban J connectivity index is 1.97. The topological polar surface area (TPSA) is 24.9 Å². The fraction of sp³-hybridized carbons (Fsp3) is 0.438. The van der Waals surface area contributed by atoms with Crippen molar-refractivity contribution in [2.45, 2.75) is 45.6 Å². The van der Waals surface area contributed by atoms with Crippen molar-refractivity contribution < 1.29 is 0 Å². The molecule has 1 heterocycles. The summed E-state index contributed by atoms with van der Waals surface area (Å²) in [7, 11) is 0. The van der Waals surface area contributed by atoms with Crippen LogP contribution < -0.4 is 5.32 Å². The fourth-order valence-corrected chi connectivity index (χ4v) is 2.79. The molecule has 0 atom stereocenters. The Hall–Kier alpha value is -1.57. The maximum Gasteiger partial charge on any atom is 0.129 e. The van der Waals surface area contributed by atoms with Crippen LogP contribution in [0.1, 0.15) is 36.8 Å². The third kappa shape index (κ3) is 2.20. The lowest BCUT2D eigenvalue weighted by Gasteiger charge is -2.15. The van der Waals surface area contributed by atoms with E-state index in [4.69, 9.17) is 4.98 Å². The highest BCUT2D eigenvalue weighted by Crippen LogP contribution is 2.25. The van der Waals surface area contributed by atoms with E-state index in [0.29, 0.717) is 6.04 Å². The largest absolute Gasteiger partial charge is 0.367 e. The Morgan fingerprint density at radius 2 is 1.89 bits per heavy atom. The van der Waals surface area contributed by atoms with Crippen molar-refractivity contribution >= 4 is 16.7 Å². The maximum atomic E-state index is 4.79. The van der Waals surface area contributed by atoms with E-state index in [0.717, 1.165) is 11.3 Å². The Bertz CT molecular complexity index is 569. The highest BCUT2D eigenvalue weighted by molar-refractivity contribution is 5.82. The average molecular weight is 240 g/mol. The Kier molecular flexibility index (Phi) is 2.94. The van der Waals surface area contributed by atoms with Gasteiger partial charge in [-0.3, -0.25) is 0 Å². The molecule has 0 spiro atoms. The summed E-state index contributed by atoms with van der Waals surface area (Å²) >= 11 is 0. The van der Waals surface area contributed by atoms with Gasteiger partial charge in [0.15, 0.2) is 0 Å². The van der Waals surface area contributed by atoms with Crippen LogP contribution in [0.5, 0.6) is 0 Å². The number of nitrogens with one attached hydrogen (secondary N) is 1. The molecule has 2 aromatic rings. The van der Waals surface area contributed by atoms with Gasteiger partial charge in [0.05, 0.1) is 5.52 Å². The van der Waals surface area contributed by atoms with Crippen LogP contribution in [-0.4, -0.2) is 11.0 Å². The molecule has 2 heteroatoms. The van der Waals surface area contributed by atoms with E-state index >= 15 is 0 Å². The second-order valence-corrected chi connectivity index (χ2v) is 5.48. The van der Waals surface area contributed by atoms with Crippen LogP contribution >= 0.6 is 0 Å². The first kappa shape index (κ1) is 11.5. The SMILES string of the molecule is Cc1ccc2cc(C)c(NC3CCCC3)nc2c1.